The highest BCUT2D eigenvalue weighted by Gasteiger charge is 2.59. The molecule has 4 aliphatic carbocycles. The van der Waals surface area contributed by atoms with E-state index in [-0.39, 0.29) is 0 Å². The lowest BCUT2D eigenvalue weighted by atomic mass is 9.70. The third-order valence-electron chi connectivity index (χ3n) is 5.60. The van der Waals surface area contributed by atoms with Gasteiger partial charge in [0.05, 0.1) is 0 Å². The van der Waals surface area contributed by atoms with Crippen molar-refractivity contribution in [2.75, 3.05) is 0 Å². The average Bonchev–Trinajstić information content (AvgIpc) is 2.78. The lowest BCUT2D eigenvalue weighted by Crippen LogP contribution is -2.29. The first-order chi connectivity index (χ1) is 6.34. The summed E-state index contributed by atoms with van der Waals surface area (Å²) >= 11 is 0. The Morgan fingerprint density at radius 3 is 2.54 bits per heavy atom. The Balaban J connectivity index is 1.79. The second kappa shape index (κ2) is 2.04. The van der Waals surface area contributed by atoms with E-state index in [9.17, 15) is 0 Å². The Hall–Kier alpha value is -0.260. The van der Waals surface area contributed by atoms with Crippen LogP contribution in [0.4, 0.5) is 0 Å². The molecule has 0 heteroatoms. The van der Waals surface area contributed by atoms with Crippen LogP contribution < -0.4 is 0 Å². The summed E-state index contributed by atoms with van der Waals surface area (Å²) in [5.74, 6) is 7.59. The van der Waals surface area contributed by atoms with E-state index >= 15 is 0 Å². The van der Waals surface area contributed by atoms with E-state index < -0.39 is 0 Å². The molecule has 4 bridgehead atoms. The molecular formula is C13H18. The zero-order chi connectivity index (χ0) is 8.58. The lowest BCUT2D eigenvalue weighted by molar-refractivity contribution is 0.160. The zero-order valence-corrected chi connectivity index (χ0v) is 8.32. The Labute approximate surface area is 80.4 Å². The van der Waals surface area contributed by atoms with Gasteiger partial charge in [-0.3, -0.25) is 0 Å². The van der Waals surface area contributed by atoms with Gasteiger partial charge in [0, 0.05) is 0 Å². The van der Waals surface area contributed by atoms with Crippen molar-refractivity contribution in [3.05, 3.63) is 12.2 Å². The summed E-state index contributed by atoms with van der Waals surface area (Å²) < 4.78 is 0. The van der Waals surface area contributed by atoms with E-state index in [4.69, 9.17) is 0 Å². The van der Waals surface area contributed by atoms with Gasteiger partial charge < -0.3 is 0 Å². The largest absolute Gasteiger partial charge is 0.0848 e. The van der Waals surface area contributed by atoms with Crippen LogP contribution in [0.3, 0.4) is 0 Å². The zero-order valence-electron chi connectivity index (χ0n) is 8.32. The topological polar surface area (TPSA) is 0 Å². The van der Waals surface area contributed by atoms with Gasteiger partial charge in [-0.15, -0.1) is 0 Å². The minimum atomic E-state index is 1.01. The molecule has 3 fully saturated rings. The molecule has 0 aromatic heterocycles. The van der Waals surface area contributed by atoms with Gasteiger partial charge in [-0.1, -0.05) is 19.1 Å². The summed E-state index contributed by atoms with van der Waals surface area (Å²) in [5, 5.41) is 0. The van der Waals surface area contributed by atoms with Crippen molar-refractivity contribution >= 4 is 0 Å². The minimum Gasteiger partial charge on any atom is -0.0848 e. The van der Waals surface area contributed by atoms with Crippen LogP contribution in [0.2, 0.25) is 0 Å². The van der Waals surface area contributed by atoms with E-state index in [0.717, 1.165) is 41.4 Å². The van der Waals surface area contributed by atoms with Crippen molar-refractivity contribution in [3.63, 3.8) is 0 Å². The molecule has 0 radical (unpaired) electrons. The molecule has 0 amide bonds. The standard InChI is InChI=1S/C13H18/c1-7-4-10-6-11(7)13-9-3-2-8(5-9)12(10)13/h2-3,7-13H,4-6H2,1H3. The fourth-order valence-corrected chi connectivity index (χ4v) is 5.35. The molecule has 0 aromatic carbocycles. The molecule has 4 rings (SSSR count). The van der Waals surface area contributed by atoms with Gasteiger partial charge >= 0.3 is 0 Å². The molecule has 0 heterocycles. The predicted octanol–water partition coefficient (Wildman–Crippen LogP) is 3.10. The molecule has 70 valence electrons. The highest BCUT2D eigenvalue weighted by Crippen LogP contribution is 2.66. The third kappa shape index (κ3) is 0.671. The van der Waals surface area contributed by atoms with Crippen LogP contribution in [0.1, 0.15) is 26.2 Å². The fraction of sp³-hybridized carbons (Fsp3) is 0.846. The number of hydrogen-bond acceptors (Lipinski definition) is 0. The average molecular weight is 174 g/mol. The normalized spacial score (nSPS) is 66.4. The highest BCUT2D eigenvalue weighted by molar-refractivity contribution is 5.20. The van der Waals surface area contributed by atoms with Crippen LogP contribution in [0.5, 0.6) is 0 Å². The minimum absolute atomic E-state index is 1.01. The van der Waals surface area contributed by atoms with Gasteiger partial charge in [-0.25, -0.2) is 0 Å². The summed E-state index contributed by atoms with van der Waals surface area (Å²) in [6.45, 7) is 2.50. The molecule has 0 spiro atoms. The summed E-state index contributed by atoms with van der Waals surface area (Å²) in [4.78, 5) is 0. The molecule has 0 aliphatic heterocycles. The summed E-state index contributed by atoms with van der Waals surface area (Å²) in [5.41, 5.74) is 0. The fourth-order valence-electron chi connectivity index (χ4n) is 5.35. The molecule has 0 saturated heterocycles. The Bertz CT molecular complexity index is 278. The van der Waals surface area contributed by atoms with E-state index in [1.165, 1.54) is 6.42 Å². The maximum absolute atomic E-state index is 2.54. The molecule has 0 aromatic rings. The van der Waals surface area contributed by atoms with Crippen molar-refractivity contribution in [1.29, 1.82) is 0 Å². The van der Waals surface area contributed by atoms with E-state index in [1.807, 2.05) is 0 Å². The molecule has 13 heavy (non-hydrogen) atoms. The van der Waals surface area contributed by atoms with Crippen molar-refractivity contribution in [2.45, 2.75) is 26.2 Å². The van der Waals surface area contributed by atoms with Crippen molar-refractivity contribution in [2.24, 2.45) is 41.4 Å². The Morgan fingerprint density at radius 2 is 1.69 bits per heavy atom. The van der Waals surface area contributed by atoms with Crippen LogP contribution >= 0.6 is 0 Å². The molecule has 4 aliphatic rings. The molecule has 0 nitrogen and oxygen atoms in total. The second-order valence-electron chi connectivity index (χ2n) is 5.98. The Kier molecular flexibility index (Phi) is 1.11. The molecule has 7 atom stereocenters. The molecule has 0 N–H and O–H groups in total. The van der Waals surface area contributed by atoms with Crippen LogP contribution in [-0.4, -0.2) is 0 Å². The summed E-state index contributed by atoms with van der Waals surface area (Å²) in [7, 11) is 0. The van der Waals surface area contributed by atoms with Gasteiger partial charge in [0.1, 0.15) is 0 Å². The van der Waals surface area contributed by atoms with Gasteiger partial charge in [0.2, 0.25) is 0 Å². The number of rotatable bonds is 0. The smallest absolute Gasteiger partial charge is 0.0194 e. The monoisotopic (exact) mass is 174 g/mol. The van der Waals surface area contributed by atoms with Gasteiger partial charge in [-0.2, -0.15) is 0 Å². The predicted molar refractivity (Wildman–Crippen MR) is 53.1 cm³/mol. The lowest BCUT2D eigenvalue weighted by Gasteiger charge is -2.35. The second-order valence-corrected chi connectivity index (χ2v) is 5.98. The van der Waals surface area contributed by atoms with Crippen LogP contribution in [0.15, 0.2) is 12.2 Å². The van der Waals surface area contributed by atoms with Crippen LogP contribution in [-0.2, 0) is 0 Å². The van der Waals surface area contributed by atoms with E-state index in [2.05, 4.69) is 19.1 Å². The van der Waals surface area contributed by atoms with Crippen molar-refractivity contribution in [3.8, 4) is 0 Å². The van der Waals surface area contributed by atoms with Crippen molar-refractivity contribution < 1.29 is 0 Å². The van der Waals surface area contributed by atoms with Crippen LogP contribution in [0, 0.1) is 41.4 Å². The number of fused-ring (bicyclic) bond motifs is 9. The van der Waals surface area contributed by atoms with Gasteiger partial charge in [0.25, 0.3) is 0 Å². The van der Waals surface area contributed by atoms with Gasteiger partial charge in [0.15, 0.2) is 0 Å². The third-order valence-corrected chi connectivity index (χ3v) is 5.60. The maximum Gasteiger partial charge on any atom is -0.0194 e. The van der Waals surface area contributed by atoms with E-state index in [1.54, 1.807) is 12.8 Å². The first kappa shape index (κ1) is 7.09. The first-order valence-corrected chi connectivity index (χ1v) is 6.03. The maximum atomic E-state index is 2.54. The highest BCUT2D eigenvalue weighted by atomic mass is 14.6. The van der Waals surface area contributed by atoms with Gasteiger partial charge in [-0.05, 0) is 60.7 Å². The number of allylic oxidation sites excluding steroid dienone is 2. The summed E-state index contributed by atoms with van der Waals surface area (Å²) in [6.07, 6.45) is 9.75. The number of hydrogen-bond donors (Lipinski definition) is 0. The Morgan fingerprint density at radius 1 is 0.923 bits per heavy atom. The van der Waals surface area contributed by atoms with Crippen molar-refractivity contribution in [1.82, 2.24) is 0 Å². The summed E-state index contributed by atoms with van der Waals surface area (Å²) in [6, 6.07) is 0. The molecule has 3 saturated carbocycles. The first-order valence-electron chi connectivity index (χ1n) is 6.03. The molecular weight excluding hydrogens is 156 g/mol. The van der Waals surface area contributed by atoms with E-state index in [0.29, 0.717) is 0 Å². The molecule has 7 unspecified atom stereocenters. The van der Waals surface area contributed by atoms with Crippen LogP contribution in [0.25, 0.3) is 0 Å². The quantitative estimate of drug-likeness (QED) is 0.391. The SMILES string of the molecule is CC1CC2CC1C1C3C=CC(C3)C21.